The summed E-state index contributed by atoms with van der Waals surface area (Å²) in [6.45, 7) is 4.53. The van der Waals surface area contributed by atoms with E-state index in [2.05, 4.69) is 59.5 Å². The normalized spacial score (nSPS) is 19.9. The monoisotopic (exact) mass is 511 g/mol. The maximum atomic E-state index is 11.4. The Labute approximate surface area is 219 Å². The fourth-order valence-electron chi connectivity index (χ4n) is 5.70. The molecule has 38 heavy (non-hydrogen) atoms. The minimum atomic E-state index is -0.451. The standard InChI is InChI=1S/C28H29N7O3/c36-28-32-24-6-5-20(13-26(24)37-28)25-14-23(38-33-25)17-34-7-9-35(10-8-34)22-15-29-27(30-16-22)31-21-11-18-3-1-2-4-19(18)12-21/h1-6,13,15-16,21,23H,7-12,14,17H2,(H,32,36)(H,29,30,31). The van der Waals surface area contributed by atoms with Crippen LogP contribution in [0.15, 0.2) is 69.2 Å². The van der Waals surface area contributed by atoms with Crippen molar-refractivity contribution in [2.75, 3.05) is 42.9 Å². The smallest absolute Gasteiger partial charge is 0.408 e. The van der Waals surface area contributed by atoms with Crippen LogP contribution in [0.4, 0.5) is 11.6 Å². The number of aromatic nitrogens is 3. The summed E-state index contributed by atoms with van der Waals surface area (Å²) in [6, 6.07) is 14.6. The van der Waals surface area contributed by atoms with Gasteiger partial charge in [-0.2, -0.15) is 0 Å². The van der Waals surface area contributed by atoms with Gasteiger partial charge in [0.2, 0.25) is 5.95 Å². The first kappa shape index (κ1) is 23.0. The lowest BCUT2D eigenvalue weighted by Gasteiger charge is -2.36. The van der Waals surface area contributed by atoms with Gasteiger partial charge >= 0.3 is 5.76 Å². The lowest BCUT2D eigenvalue weighted by atomic mass is 10.0. The van der Waals surface area contributed by atoms with Crippen molar-refractivity contribution in [3.05, 3.63) is 82.1 Å². The molecule has 0 radical (unpaired) electrons. The quantitative estimate of drug-likeness (QED) is 0.407. The van der Waals surface area contributed by atoms with Crippen LogP contribution in [0.5, 0.6) is 0 Å². The number of hydrogen-bond acceptors (Lipinski definition) is 9. The molecule has 3 aliphatic rings. The molecular formula is C28H29N7O3. The van der Waals surface area contributed by atoms with Crippen LogP contribution in [-0.4, -0.2) is 70.4 Å². The maximum absolute atomic E-state index is 11.4. The van der Waals surface area contributed by atoms with Crippen molar-refractivity contribution in [3.63, 3.8) is 0 Å². The fraction of sp³-hybridized carbons (Fsp3) is 0.357. The minimum absolute atomic E-state index is 0.0147. The Morgan fingerprint density at radius 3 is 2.50 bits per heavy atom. The predicted molar refractivity (Wildman–Crippen MR) is 145 cm³/mol. The molecule has 0 amide bonds. The number of hydrogen-bond donors (Lipinski definition) is 2. The first-order valence-electron chi connectivity index (χ1n) is 13.1. The van der Waals surface area contributed by atoms with E-state index in [0.717, 1.165) is 68.9 Å². The third-order valence-corrected chi connectivity index (χ3v) is 7.71. The van der Waals surface area contributed by atoms with Gasteiger partial charge in [0.25, 0.3) is 0 Å². The molecule has 4 heterocycles. The zero-order valence-corrected chi connectivity index (χ0v) is 21.0. The van der Waals surface area contributed by atoms with E-state index in [4.69, 9.17) is 9.25 Å². The Morgan fingerprint density at radius 1 is 0.974 bits per heavy atom. The van der Waals surface area contributed by atoms with Crippen LogP contribution >= 0.6 is 0 Å². The van der Waals surface area contributed by atoms with Crippen LogP contribution in [0.25, 0.3) is 11.1 Å². The molecule has 1 saturated heterocycles. The van der Waals surface area contributed by atoms with E-state index in [9.17, 15) is 4.79 Å². The lowest BCUT2D eigenvalue weighted by Crippen LogP contribution is -2.48. The second-order valence-corrected chi connectivity index (χ2v) is 10.3. The van der Waals surface area contributed by atoms with Crippen LogP contribution in [0.2, 0.25) is 0 Å². The molecule has 1 atom stereocenters. The van der Waals surface area contributed by atoms with Gasteiger partial charge in [0.05, 0.1) is 29.3 Å². The van der Waals surface area contributed by atoms with Gasteiger partial charge in [-0.15, -0.1) is 0 Å². The molecule has 2 aromatic carbocycles. The van der Waals surface area contributed by atoms with Gasteiger partial charge in [-0.25, -0.2) is 14.8 Å². The molecule has 10 heteroatoms. The highest BCUT2D eigenvalue weighted by Crippen LogP contribution is 2.25. The largest absolute Gasteiger partial charge is 0.417 e. The summed E-state index contributed by atoms with van der Waals surface area (Å²) in [6.07, 6.45) is 6.63. The summed E-state index contributed by atoms with van der Waals surface area (Å²) in [5, 5.41) is 7.81. The number of aromatic amines is 1. The predicted octanol–water partition coefficient (Wildman–Crippen LogP) is 2.81. The number of nitrogens with one attached hydrogen (secondary N) is 2. The molecule has 1 aliphatic carbocycles. The van der Waals surface area contributed by atoms with Crippen molar-refractivity contribution < 1.29 is 9.25 Å². The molecule has 2 aliphatic heterocycles. The molecule has 4 aromatic rings. The van der Waals surface area contributed by atoms with Gasteiger partial charge in [-0.1, -0.05) is 35.5 Å². The van der Waals surface area contributed by atoms with E-state index >= 15 is 0 Å². The number of H-pyrrole nitrogens is 1. The van der Waals surface area contributed by atoms with Crippen molar-refractivity contribution in [3.8, 4) is 0 Å². The van der Waals surface area contributed by atoms with Gasteiger partial charge < -0.3 is 19.5 Å². The molecule has 2 aromatic heterocycles. The van der Waals surface area contributed by atoms with Gasteiger partial charge in [-0.05, 0) is 36.1 Å². The Balaban J connectivity index is 0.887. The van der Waals surface area contributed by atoms with Gasteiger partial charge in [-0.3, -0.25) is 9.88 Å². The molecule has 2 N–H and O–H groups in total. The summed E-state index contributed by atoms with van der Waals surface area (Å²) in [4.78, 5) is 33.8. The molecule has 0 spiro atoms. The van der Waals surface area contributed by atoms with E-state index in [1.54, 1.807) is 0 Å². The Morgan fingerprint density at radius 2 is 1.74 bits per heavy atom. The summed E-state index contributed by atoms with van der Waals surface area (Å²) in [5.74, 6) is 0.241. The van der Waals surface area contributed by atoms with Gasteiger partial charge in [0.15, 0.2) is 5.58 Å². The molecule has 0 bridgehead atoms. The summed E-state index contributed by atoms with van der Waals surface area (Å²) in [5.41, 5.74) is 6.90. The van der Waals surface area contributed by atoms with E-state index in [-0.39, 0.29) is 6.10 Å². The van der Waals surface area contributed by atoms with Crippen molar-refractivity contribution in [2.45, 2.75) is 31.4 Å². The first-order chi connectivity index (χ1) is 18.7. The van der Waals surface area contributed by atoms with Crippen LogP contribution in [0.3, 0.4) is 0 Å². The number of oxazole rings is 1. The van der Waals surface area contributed by atoms with Crippen LogP contribution in [0, 0.1) is 0 Å². The van der Waals surface area contributed by atoms with E-state index < -0.39 is 5.76 Å². The highest BCUT2D eigenvalue weighted by Gasteiger charge is 2.27. The average molecular weight is 512 g/mol. The molecular weight excluding hydrogens is 482 g/mol. The third kappa shape index (κ3) is 4.63. The minimum Gasteiger partial charge on any atom is -0.408 e. The first-order valence-corrected chi connectivity index (χ1v) is 13.1. The van der Waals surface area contributed by atoms with Crippen LogP contribution in [-0.2, 0) is 17.7 Å². The summed E-state index contributed by atoms with van der Waals surface area (Å²) >= 11 is 0. The molecule has 194 valence electrons. The van der Waals surface area contributed by atoms with Crippen molar-refractivity contribution >= 4 is 28.4 Å². The Kier molecular flexibility index (Phi) is 5.81. The number of rotatable bonds is 6. The Hall–Kier alpha value is -4.18. The summed E-state index contributed by atoms with van der Waals surface area (Å²) in [7, 11) is 0. The molecule has 7 rings (SSSR count). The molecule has 10 nitrogen and oxygen atoms in total. The number of piperazine rings is 1. The second-order valence-electron chi connectivity index (χ2n) is 10.3. The van der Waals surface area contributed by atoms with Crippen molar-refractivity contribution in [1.82, 2.24) is 19.9 Å². The second kappa shape index (κ2) is 9.60. The number of fused-ring (bicyclic) bond motifs is 2. The zero-order chi connectivity index (χ0) is 25.5. The van der Waals surface area contributed by atoms with Gasteiger partial charge in [0.1, 0.15) is 6.10 Å². The molecule has 1 fully saturated rings. The lowest BCUT2D eigenvalue weighted by molar-refractivity contribution is 0.0510. The topological polar surface area (TPSA) is 112 Å². The van der Waals surface area contributed by atoms with E-state index in [0.29, 0.717) is 23.1 Å². The zero-order valence-electron chi connectivity index (χ0n) is 21.0. The Bertz CT molecular complexity index is 1510. The van der Waals surface area contributed by atoms with E-state index in [1.807, 2.05) is 30.6 Å². The number of anilines is 2. The van der Waals surface area contributed by atoms with Crippen LogP contribution in [0.1, 0.15) is 23.1 Å². The number of benzene rings is 2. The number of nitrogens with zero attached hydrogens (tertiary/aromatic N) is 5. The van der Waals surface area contributed by atoms with Crippen molar-refractivity contribution in [1.29, 1.82) is 0 Å². The SMILES string of the molecule is O=c1[nH]c2ccc(C3=NOC(CN4CCN(c5cnc(NC6Cc7ccccc7C6)nc5)CC4)C3)cc2o1. The highest BCUT2D eigenvalue weighted by atomic mass is 16.6. The highest BCUT2D eigenvalue weighted by molar-refractivity contribution is 6.03. The summed E-state index contributed by atoms with van der Waals surface area (Å²) < 4.78 is 5.18. The van der Waals surface area contributed by atoms with Crippen LogP contribution < -0.4 is 16.0 Å². The van der Waals surface area contributed by atoms with Gasteiger partial charge in [0, 0.05) is 50.7 Å². The molecule has 0 saturated carbocycles. The molecule has 1 unspecified atom stereocenters. The van der Waals surface area contributed by atoms with Crippen molar-refractivity contribution in [2.24, 2.45) is 5.16 Å². The number of oxime groups is 1. The third-order valence-electron chi connectivity index (χ3n) is 7.71. The average Bonchev–Trinajstić information content (AvgIpc) is 3.66. The fourth-order valence-corrected chi connectivity index (χ4v) is 5.70. The maximum Gasteiger partial charge on any atom is 0.417 e. The van der Waals surface area contributed by atoms with E-state index in [1.165, 1.54) is 11.1 Å².